The van der Waals surface area contributed by atoms with E-state index in [-0.39, 0.29) is 34.6 Å². The van der Waals surface area contributed by atoms with Crippen LogP contribution in [0.2, 0.25) is 5.15 Å². The van der Waals surface area contributed by atoms with Crippen molar-refractivity contribution in [2.45, 2.75) is 38.0 Å². The smallest absolute Gasteiger partial charge is 0.420 e. The van der Waals surface area contributed by atoms with Crippen molar-refractivity contribution in [1.29, 1.82) is 0 Å². The van der Waals surface area contributed by atoms with Crippen molar-refractivity contribution in [3.05, 3.63) is 47.3 Å². The third-order valence-electron chi connectivity index (χ3n) is 6.37. The van der Waals surface area contributed by atoms with Crippen LogP contribution < -0.4 is 0 Å². The van der Waals surface area contributed by atoms with Crippen LogP contribution in [0.4, 0.5) is 18.0 Å². The number of piperidine rings is 1. The van der Waals surface area contributed by atoms with Crippen molar-refractivity contribution in [2.24, 2.45) is 0 Å². The minimum atomic E-state index is -4.72. The summed E-state index contributed by atoms with van der Waals surface area (Å²) in [5.74, 6) is -0.554. The van der Waals surface area contributed by atoms with Gasteiger partial charge in [-0.2, -0.15) is 13.2 Å². The number of ether oxygens (including phenoxy) is 1. The summed E-state index contributed by atoms with van der Waals surface area (Å²) < 4.78 is 52.7. The molecule has 180 valence electrons. The highest BCUT2D eigenvalue weighted by Crippen LogP contribution is 2.37. The predicted molar refractivity (Wildman–Crippen MR) is 114 cm³/mol. The average Bonchev–Trinajstić information content (AvgIpc) is 3.53. The second kappa shape index (κ2) is 8.23. The van der Waals surface area contributed by atoms with E-state index in [4.69, 9.17) is 20.8 Å². The van der Waals surface area contributed by atoms with Crippen molar-refractivity contribution in [3.63, 3.8) is 0 Å². The number of hydrogen-bond acceptors (Lipinski definition) is 5. The molecular weight excluding hydrogens is 477 g/mol. The number of alkyl halides is 3. The molecule has 3 aromatic heterocycles. The van der Waals surface area contributed by atoms with Crippen LogP contribution in [0.15, 0.2) is 35.3 Å². The SMILES string of the molecule is C[C@@H]1C[C@H](N2CCOC2=O)CCN1C(=O)c1nc2c(C(F)(F)F)cc(-c3ccoc3)cn2c1Cl. The number of hydrogen-bond donors (Lipinski definition) is 0. The van der Waals surface area contributed by atoms with Gasteiger partial charge in [-0.1, -0.05) is 11.6 Å². The fourth-order valence-corrected chi connectivity index (χ4v) is 4.91. The van der Waals surface area contributed by atoms with Crippen LogP contribution in [0, 0.1) is 0 Å². The Labute approximate surface area is 196 Å². The monoisotopic (exact) mass is 496 g/mol. The lowest BCUT2D eigenvalue weighted by molar-refractivity contribution is -0.136. The van der Waals surface area contributed by atoms with Gasteiger partial charge in [-0.15, -0.1) is 0 Å². The summed E-state index contributed by atoms with van der Waals surface area (Å²) in [7, 11) is 0. The van der Waals surface area contributed by atoms with E-state index in [1.807, 2.05) is 6.92 Å². The van der Waals surface area contributed by atoms with Gasteiger partial charge in [0.15, 0.2) is 11.3 Å². The van der Waals surface area contributed by atoms with E-state index in [2.05, 4.69) is 4.98 Å². The third kappa shape index (κ3) is 3.77. The zero-order chi connectivity index (χ0) is 24.2. The standard InChI is InChI=1S/C22H20ClF3N4O4/c1-12-8-15(29-5-7-34-21(29)32)2-4-28(12)20(31)17-18(23)30-10-14(13-3-6-33-11-13)9-16(19(30)27-17)22(24,25)26/h3,6,9-12,15H,2,4-5,7-8H2,1H3/t12-,15-/m1/s1. The Bertz CT molecular complexity index is 1260. The molecule has 2 saturated heterocycles. The van der Waals surface area contributed by atoms with Gasteiger partial charge in [-0.25, -0.2) is 9.78 Å². The number of carbonyl (C=O) groups is 2. The molecule has 0 aromatic carbocycles. The number of likely N-dealkylation sites (tertiary alicyclic amines) is 1. The molecule has 5 rings (SSSR count). The molecule has 2 atom stereocenters. The molecule has 2 amide bonds. The fourth-order valence-electron chi connectivity index (χ4n) is 4.65. The lowest BCUT2D eigenvalue weighted by Gasteiger charge is -2.40. The minimum Gasteiger partial charge on any atom is -0.472 e. The highest BCUT2D eigenvalue weighted by atomic mass is 35.5. The van der Waals surface area contributed by atoms with Crippen LogP contribution in [0.5, 0.6) is 0 Å². The summed E-state index contributed by atoms with van der Waals surface area (Å²) in [4.78, 5) is 32.4. The molecule has 5 heterocycles. The average molecular weight is 497 g/mol. The number of fused-ring (bicyclic) bond motifs is 1. The third-order valence-corrected chi connectivity index (χ3v) is 6.73. The van der Waals surface area contributed by atoms with Crippen LogP contribution in [-0.4, -0.2) is 63.0 Å². The molecule has 2 aliphatic rings. The molecule has 0 unspecified atom stereocenters. The van der Waals surface area contributed by atoms with Gasteiger partial charge < -0.3 is 19.0 Å². The van der Waals surface area contributed by atoms with Crippen LogP contribution in [0.3, 0.4) is 0 Å². The molecular formula is C22H20ClF3N4O4. The Morgan fingerprint density at radius 1 is 1.26 bits per heavy atom. The van der Waals surface area contributed by atoms with Crippen LogP contribution >= 0.6 is 11.6 Å². The molecule has 0 bridgehead atoms. The molecule has 3 aromatic rings. The zero-order valence-electron chi connectivity index (χ0n) is 18.0. The summed E-state index contributed by atoms with van der Waals surface area (Å²) >= 11 is 6.42. The van der Waals surface area contributed by atoms with Crippen LogP contribution in [-0.2, 0) is 10.9 Å². The Kier molecular flexibility index (Phi) is 5.46. The van der Waals surface area contributed by atoms with E-state index >= 15 is 0 Å². The number of furan rings is 1. The van der Waals surface area contributed by atoms with Crippen molar-refractivity contribution in [3.8, 4) is 11.1 Å². The topological polar surface area (TPSA) is 80.3 Å². The van der Waals surface area contributed by atoms with Crippen molar-refractivity contribution < 1.29 is 31.9 Å². The maximum atomic E-state index is 13.9. The Morgan fingerprint density at radius 2 is 2.06 bits per heavy atom. The first-order valence-electron chi connectivity index (χ1n) is 10.7. The van der Waals surface area contributed by atoms with Gasteiger partial charge in [0, 0.05) is 36.0 Å². The van der Waals surface area contributed by atoms with Crippen molar-refractivity contribution in [1.82, 2.24) is 19.2 Å². The summed E-state index contributed by atoms with van der Waals surface area (Å²) in [6, 6.07) is 2.14. The summed E-state index contributed by atoms with van der Waals surface area (Å²) in [5, 5.41) is -0.201. The molecule has 0 aliphatic carbocycles. The number of imidazole rings is 1. The van der Waals surface area contributed by atoms with E-state index in [0.29, 0.717) is 38.1 Å². The summed E-state index contributed by atoms with van der Waals surface area (Å²) in [5.41, 5.74) is -1.05. The van der Waals surface area contributed by atoms with Crippen LogP contribution in [0.25, 0.3) is 16.8 Å². The molecule has 2 fully saturated rings. The Morgan fingerprint density at radius 3 is 2.68 bits per heavy atom. The lowest BCUT2D eigenvalue weighted by Crippen LogP contribution is -2.51. The largest absolute Gasteiger partial charge is 0.472 e. The number of halogens is 4. The van der Waals surface area contributed by atoms with Gasteiger partial charge >= 0.3 is 12.3 Å². The molecule has 8 nitrogen and oxygen atoms in total. The summed E-state index contributed by atoms with van der Waals surface area (Å²) in [6.45, 7) is 2.98. The number of aromatic nitrogens is 2. The van der Waals surface area contributed by atoms with E-state index in [9.17, 15) is 22.8 Å². The van der Waals surface area contributed by atoms with E-state index in [1.165, 1.54) is 29.7 Å². The Hall–Kier alpha value is -3.21. The highest BCUT2D eigenvalue weighted by molar-refractivity contribution is 6.33. The fraction of sp³-hybridized carbons (Fsp3) is 0.409. The number of nitrogens with zero attached hydrogens (tertiary/aromatic N) is 4. The second-order valence-corrected chi connectivity index (χ2v) is 8.79. The lowest BCUT2D eigenvalue weighted by atomic mass is 9.96. The summed E-state index contributed by atoms with van der Waals surface area (Å²) in [6.07, 6.45) is 0.0270. The maximum absolute atomic E-state index is 13.9. The number of amides is 2. The maximum Gasteiger partial charge on any atom is 0.420 e. The van der Waals surface area contributed by atoms with E-state index in [0.717, 1.165) is 10.5 Å². The molecule has 34 heavy (non-hydrogen) atoms. The second-order valence-electron chi connectivity index (χ2n) is 8.43. The van der Waals surface area contributed by atoms with Gasteiger partial charge in [-0.3, -0.25) is 9.20 Å². The number of carbonyl (C=O) groups excluding carboxylic acids is 2. The molecule has 0 N–H and O–H groups in total. The molecule has 0 spiro atoms. The van der Waals surface area contributed by atoms with Gasteiger partial charge in [0.05, 0.1) is 24.6 Å². The number of rotatable bonds is 3. The van der Waals surface area contributed by atoms with Gasteiger partial charge in [0.1, 0.15) is 11.8 Å². The van der Waals surface area contributed by atoms with Gasteiger partial charge in [-0.05, 0) is 31.9 Å². The van der Waals surface area contributed by atoms with Crippen molar-refractivity contribution >= 4 is 29.2 Å². The van der Waals surface area contributed by atoms with Gasteiger partial charge in [0.25, 0.3) is 5.91 Å². The molecule has 0 saturated carbocycles. The normalized spacial score (nSPS) is 21.4. The highest BCUT2D eigenvalue weighted by Gasteiger charge is 2.39. The number of pyridine rings is 1. The van der Waals surface area contributed by atoms with Gasteiger partial charge in [0.2, 0.25) is 0 Å². The van der Waals surface area contributed by atoms with Crippen molar-refractivity contribution in [2.75, 3.05) is 19.7 Å². The first kappa shape index (κ1) is 22.6. The minimum absolute atomic E-state index is 0.0695. The van der Waals surface area contributed by atoms with E-state index in [1.54, 1.807) is 4.90 Å². The predicted octanol–water partition coefficient (Wildman–Crippen LogP) is 4.71. The van der Waals surface area contributed by atoms with E-state index < -0.39 is 23.3 Å². The quantitative estimate of drug-likeness (QED) is 0.524. The van der Waals surface area contributed by atoms with Crippen LogP contribution in [0.1, 0.15) is 35.8 Å². The number of cyclic esters (lactones) is 1. The first-order chi connectivity index (χ1) is 16.1. The zero-order valence-corrected chi connectivity index (χ0v) is 18.8. The first-order valence-corrected chi connectivity index (χ1v) is 11.1. The molecule has 2 aliphatic heterocycles. The Balaban J connectivity index is 1.48. The molecule has 12 heteroatoms. The molecule has 0 radical (unpaired) electrons.